The van der Waals surface area contributed by atoms with E-state index in [0.717, 1.165) is 12.8 Å². The molecule has 0 radical (unpaired) electrons. The molecule has 1 unspecified atom stereocenters. The van der Waals surface area contributed by atoms with E-state index in [1.807, 2.05) is 0 Å². The standard InChI is InChI=1S/C14H23IO2/c15-13(11-7-3-1-4-8-11)17-14(16)12-9-5-2-6-10-12/h11-13H,1-10H2. The highest BCUT2D eigenvalue weighted by molar-refractivity contribution is 14.1. The molecule has 3 heteroatoms. The predicted molar refractivity (Wildman–Crippen MR) is 77.1 cm³/mol. The largest absolute Gasteiger partial charge is 0.451 e. The minimum absolute atomic E-state index is 0.0784. The Hall–Kier alpha value is 0.200. The van der Waals surface area contributed by atoms with Gasteiger partial charge in [-0.05, 0) is 48.3 Å². The summed E-state index contributed by atoms with van der Waals surface area (Å²) in [5.41, 5.74) is 0. The lowest BCUT2D eigenvalue weighted by atomic mass is 9.88. The summed E-state index contributed by atoms with van der Waals surface area (Å²) in [5.74, 6) is 0.885. The zero-order valence-electron chi connectivity index (χ0n) is 10.5. The van der Waals surface area contributed by atoms with Crippen LogP contribution in [0.4, 0.5) is 0 Å². The van der Waals surface area contributed by atoms with Crippen LogP contribution in [0.2, 0.25) is 0 Å². The number of carbonyl (C=O) groups is 1. The molecule has 17 heavy (non-hydrogen) atoms. The molecule has 0 aromatic carbocycles. The molecule has 0 aliphatic heterocycles. The molecule has 0 bridgehead atoms. The molecule has 1 atom stereocenters. The quantitative estimate of drug-likeness (QED) is 0.427. The van der Waals surface area contributed by atoms with Gasteiger partial charge >= 0.3 is 5.97 Å². The molecule has 0 N–H and O–H groups in total. The van der Waals surface area contributed by atoms with Crippen molar-refractivity contribution in [2.45, 2.75) is 68.3 Å². The molecule has 2 aliphatic rings. The maximum Gasteiger partial charge on any atom is 0.309 e. The molecule has 0 saturated heterocycles. The monoisotopic (exact) mass is 350 g/mol. The summed E-state index contributed by atoms with van der Waals surface area (Å²) >= 11 is 2.33. The van der Waals surface area contributed by atoms with Gasteiger partial charge in [0.2, 0.25) is 0 Å². The van der Waals surface area contributed by atoms with Gasteiger partial charge in [0.15, 0.2) is 4.11 Å². The SMILES string of the molecule is O=C(OC(I)C1CCCCC1)C1CCCCC1. The molecule has 2 rings (SSSR count). The van der Waals surface area contributed by atoms with Gasteiger partial charge in [-0.15, -0.1) is 0 Å². The van der Waals surface area contributed by atoms with E-state index in [9.17, 15) is 4.79 Å². The maximum atomic E-state index is 12.0. The van der Waals surface area contributed by atoms with Crippen molar-refractivity contribution in [2.75, 3.05) is 0 Å². The van der Waals surface area contributed by atoms with Crippen molar-refractivity contribution in [3.8, 4) is 0 Å². The van der Waals surface area contributed by atoms with Crippen LogP contribution in [0.3, 0.4) is 0 Å². The van der Waals surface area contributed by atoms with Crippen LogP contribution >= 0.6 is 22.6 Å². The lowest BCUT2D eigenvalue weighted by Gasteiger charge is -2.28. The van der Waals surface area contributed by atoms with E-state index < -0.39 is 0 Å². The molecule has 98 valence electrons. The Bertz CT molecular complexity index is 243. The topological polar surface area (TPSA) is 26.3 Å². The van der Waals surface area contributed by atoms with Gasteiger partial charge < -0.3 is 4.74 Å². The Morgan fingerprint density at radius 2 is 1.47 bits per heavy atom. The summed E-state index contributed by atoms with van der Waals surface area (Å²) in [6.45, 7) is 0. The molecule has 0 amide bonds. The number of carbonyl (C=O) groups excluding carboxylic acids is 1. The van der Waals surface area contributed by atoms with E-state index in [4.69, 9.17) is 4.74 Å². The summed E-state index contributed by atoms with van der Waals surface area (Å²) in [5, 5.41) is 0. The van der Waals surface area contributed by atoms with Crippen LogP contribution < -0.4 is 0 Å². The third-order valence-electron chi connectivity index (χ3n) is 4.19. The number of ether oxygens (including phenoxy) is 1. The second kappa shape index (κ2) is 6.95. The smallest absolute Gasteiger partial charge is 0.309 e. The van der Waals surface area contributed by atoms with E-state index in [0.29, 0.717) is 5.92 Å². The first-order valence-electron chi connectivity index (χ1n) is 7.12. The number of hydrogen-bond acceptors (Lipinski definition) is 2. The Labute approximate surface area is 118 Å². The van der Waals surface area contributed by atoms with Gasteiger partial charge in [0.25, 0.3) is 0 Å². The summed E-state index contributed by atoms with van der Waals surface area (Å²) in [6.07, 6.45) is 12.3. The molecular weight excluding hydrogens is 327 g/mol. The molecule has 2 aliphatic carbocycles. The fraction of sp³-hybridized carbons (Fsp3) is 0.929. The molecular formula is C14H23IO2. The highest BCUT2D eigenvalue weighted by Gasteiger charge is 2.28. The predicted octanol–water partition coefficient (Wildman–Crippen LogP) is 4.45. The van der Waals surface area contributed by atoms with Gasteiger partial charge in [-0.3, -0.25) is 4.79 Å². The molecule has 0 aromatic rings. The summed E-state index contributed by atoms with van der Waals surface area (Å²) < 4.78 is 5.79. The van der Waals surface area contributed by atoms with Crippen molar-refractivity contribution in [1.29, 1.82) is 0 Å². The number of hydrogen-bond donors (Lipinski definition) is 0. The lowest BCUT2D eigenvalue weighted by molar-refractivity contribution is -0.152. The first-order chi connectivity index (χ1) is 8.27. The Morgan fingerprint density at radius 1 is 0.941 bits per heavy atom. The van der Waals surface area contributed by atoms with Crippen LogP contribution in [-0.4, -0.2) is 10.1 Å². The average molecular weight is 350 g/mol. The van der Waals surface area contributed by atoms with Crippen molar-refractivity contribution >= 4 is 28.6 Å². The normalized spacial score (nSPS) is 25.5. The van der Waals surface area contributed by atoms with Crippen LogP contribution in [0.25, 0.3) is 0 Å². The average Bonchev–Trinajstić information content (AvgIpc) is 2.40. The number of alkyl halides is 1. The molecule has 0 spiro atoms. The van der Waals surface area contributed by atoms with Gasteiger partial charge in [0.1, 0.15) is 0 Å². The van der Waals surface area contributed by atoms with Crippen LogP contribution in [0.5, 0.6) is 0 Å². The van der Waals surface area contributed by atoms with Crippen molar-refractivity contribution < 1.29 is 9.53 Å². The third-order valence-corrected chi connectivity index (χ3v) is 5.46. The fourth-order valence-corrected chi connectivity index (χ4v) is 4.01. The third kappa shape index (κ3) is 4.11. The summed E-state index contributed by atoms with van der Waals surface area (Å²) in [7, 11) is 0. The van der Waals surface area contributed by atoms with Crippen LogP contribution in [0.15, 0.2) is 0 Å². The molecule has 0 aromatic heterocycles. The zero-order chi connectivity index (χ0) is 12.1. The van der Waals surface area contributed by atoms with Gasteiger partial charge in [0.05, 0.1) is 5.92 Å². The van der Waals surface area contributed by atoms with E-state index in [1.54, 1.807) is 0 Å². The Morgan fingerprint density at radius 3 is 2.06 bits per heavy atom. The minimum atomic E-state index is 0.0784. The lowest BCUT2D eigenvalue weighted by Crippen LogP contribution is -2.28. The van der Waals surface area contributed by atoms with Crippen molar-refractivity contribution in [3.63, 3.8) is 0 Å². The van der Waals surface area contributed by atoms with Gasteiger partial charge in [0, 0.05) is 5.92 Å². The number of esters is 1. The van der Waals surface area contributed by atoms with E-state index in [2.05, 4.69) is 22.6 Å². The van der Waals surface area contributed by atoms with Crippen molar-refractivity contribution in [1.82, 2.24) is 0 Å². The van der Waals surface area contributed by atoms with E-state index >= 15 is 0 Å². The molecule has 2 saturated carbocycles. The molecule has 0 heterocycles. The van der Waals surface area contributed by atoms with Crippen LogP contribution in [0.1, 0.15) is 64.2 Å². The second-order valence-corrected chi connectivity index (χ2v) is 6.75. The van der Waals surface area contributed by atoms with E-state index in [-0.39, 0.29) is 16.0 Å². The summed E-state index contributed by atoms with van der Waals surface area (Å²) in [4.78, 5) is 12.0. The van der Waals surface area contributed by atoms with Crippen LogP contribution in [0, 0.1) is 11.8 Å². The molecule has 2 nitrogen and oxygen atoms in total. The van der Waals surface area contributed by atoms with E-state index in [1.165, 1.54) is 51.4 Å². The minimum Gasteiger partial charge on any atom is -0.451 e. The van der Waals surface area contributed by atoms with Gasteiger partial charge in [-0.2, -0.15) is 0 Å². The second-order valence-electron chi connectivity index (χ2n) is 5.52. The molecule has 2 fully saturated rings. The van der Waals surface area contributed by atoms with Crippen molar-refractivity contribution in [2.24, 2.45) is 11.8 Å². The Balaban J connectivity index is 1.76. The van der Waals surface area contributed by atoms with Crippen LogP contribution in [-0.2, 0) is 9.53 Å². The highest BCUT2D eigenvalue weighted by Crippen LogP contribution is 2.32. The highest BCUT2D eigenvalue weighted by atomic mass is 127. The first kappa shape index (κ1) is 13.6. The maximum absolute atomic E-state index is 12.0. The van der Waals surface area contributed by atoms with Gasteiger partial charge in [-0.25, -0.2) is 0 Å². The first-order valence-corrected chi connectivity index (χ1v) is 8.36. The number of rotatable bonds is 3. The summed E-state index contributed by atoms with van der Waals surface area (Å²) in [6, 6.07) is 0. The van der Waals surface area contributed by atoms with Crippen molar-refractivity contribution in [3.05, 3.63) is 0 Å². The Kier molecular flexibility index (Phi) is 5.57. The zero-order valence-corrected chi connectivity index (χ0v) is 12.7. The van der Waals surface area contributed by atoms with Gasteiger partial charge in [-0.1, -0.05) is 38.5 Å². The number of halogens is 1. The fourth-order valence-electron chi connectivity index (χ4n) is 3.04.